The zero-order chi connectivity index (χ0) is 17.0. The molecule has 0 unspecified atom stereocenters. The highest BCUT2D eigenvalue weighted by Gasteiger charge is 2.17. The maximum atomic E-state index is 12.3. The van der Waals surface area contributed by atoms with Crippen molar-refractivity contribution >= 4 is 46.1 Å². The first-order valence-corrected chi connectivity index (χ1v) is 7.85. The van der Waals surface area contributed by atoms with Crippen LogP contribution in [0.3, 0.4) is 0 Å². The molecule has 0 radical (unpaired) electrons. The molecule has 0 aromatic heterocycles. The topological polar surface area (TPSA) is 61.8 Å². The van der Waals surface area contributed by atoms with Crippen LogP contribution >= 0.6 is 34.2 Å². The summed E-state index contributed by atoms with van der Waals surface area (Å²) in [5.74, 6) is -0.593. The third-order valence-corrected chi connectivity index (χ3v) is 4.07. The summed E-state index contributed by atoms with van der Waals surface area (Å²) < 4.78 is 15.8. The highest BCUT2D eigenvalue weighted by Crippen LogP contribution is 2.30. The molecule has 0 bridgehead atoms. The number of hydrogen-bond acceptors (Lipinski definition) is 5. The van der Waals surface area contributed by atoms with Crippen molar-refractivity contribution in [1.82, 2.24) is 0 Å². The van der Waals surface area contributed by atoms with Crippen molar-refractivity contribution in [2.24, 2.45) is 0 Å². The number of ether oxygens (including phenoxy) is 3. The standard InChI is InChI=1S/C16H12ClIO5/c1-21-14-7-9(15(19)22-2)3-6-13(14)23-16(20)11-5-4-10(17)8-12(11)18/h3-8H,1-2H3. The van der Waals surface area contributed by atoms with Crippen molar-refractivity contribution < 1.29 is 23.8 Å². The van der Waals surface area contributed by atoms with E-state index in [-0.39, 0.29) is 11.5 Å². The Labute approximate surface area is 151 Å². The Kier molecular flexibility index (Phi) is 5.84. The second-order valence-corrected chi connectivity index (χ2v) is 5.97. The number of halogens is 2. The van der Waals surface area contributed by atoms with Gasteiger partial charge in [-0.2, -0.15) is 0 Å². The molecule has 2 aromatic carbocycles. The quantitative estimate of drug-likeness (QED) is 0.404. The first-order chi connectivity index (χ1) is 11.0. The van der Waals surface area contributed by atoms with E-state index in [9.17, 15) is 9.59 Å². The molecular formula is C16H12ClIO5. The van der Waals surface area contributed by atoms with Gasteiger partial charge in [0.15, 0.2) is 11.5 Å². The van der Waals surface area contributed by atoms with Crippen LogP contribution in [0.4, 0.5) is 0 Å². The van der Waals surface area contributed by atoms with Gasteiger partial charge in [-0.3, -0.25) is 0 Å². The average Bonchev–Trinajstić information content (AvgIpc) is 2.54. The van der Waals surface area contributed by atoms with E-state index in [4.69, 9.17) is 21.1 Å². The molecule has 0 saturated carbocycles. The van der Waals surface area contributed by atoms with E-state index in [0.717, 1.165) is 0 Å². The van der Waals surface area contributed by atoms with Crippen LogP contribution in [-0.2, 0) is 4.74 Å². The molecule has 0 fully saturated rings. The summed E-state index contributed by atoms with van der Waals surface area (Å²) in [7, 11) is 2.70. The molecule has 0 spiro atoms. The fraction of sp³-hybridized carbons (Fsp3) is 0.125. The summed E-state index contributed by atoms with van der Waals surface area (Å²) in [5.41, 5.74) is 0.680. The maximum Gasteiger partial charge on any atom is 0.344 e. The van der Waals surface area contributed by atoms with Gasteiger partial charge in [0.1, 0.15) is 0 Å². The van der Waals surface area contributed by atoms with Crippen LogP contribution in [0.5, 0.6) is 11.5 Å². The Balaban J connectivity index is 2.28. The second-order valence-electron chi connectivity index (χ2n) is 4.37. The summed E-state index contributed by atoms with van der Waals surface area (Å²) in [6, 6.07) is 9.27. The maximum absolute atomic E-state index is 12.3. The Morgan fingerprint density at radius 2 is 1.74 bits per heavy atom. The minimum Gasteiger partial charge on any atom is -0.493 e. The first kappa shape index (κ1) is 17.6. The lowest BCUT2D eigenvalue weighted by atomic mass is 10.2. The number of methoxy groups -OCH3 is 2. The van der Waals surface area contributed by atoms with Crippen molar-refractivity contribution in [2.75, 3.05) is 14.2 Å². The number of carbonyl (C=O) groups excluding carboxylic acids is 2. The predicted octanol–water partition coefficient (Wildman–Crippen LogP) is 3.96. The van der Waals surface area contributed by atoms with Gasteiger partial charge >= 0.3 is 11.9 Å². The normalized spacial score (nSPS) is 10.1. The van der Waals surface area contributed by atoms with Gasteiger partial charge in [-0.15, -0.1) is 0 Å². The van der Waals surface area contributed by atoms with Gasteiger partial charge < -0.3 is 14.2 Å². The highest BCUT2D eigenvalue weighted by molar-refractivity contribution is 14.1. The molecule has 2 aromatic rings. The van der Waals surface area contributed by atoms with E-state index >= 15 is 0 Å². The molecule has 23 heavy (non-hydrogen) atoms. The van der Waals surface area contributed by atoms with Gasteiger partial charge in [0, 0.05) is 8.59 Å². The van der Waals surface area contributed by atoms with Crippen LogP contribution < -0.4 is 9.47 Å². The van der Waals surface area contributed by atoms with E-state index in [1.165, 1.54) is 32.4 Å². The molecule has 0 aliphatic rings. The monoisotopic (exact) mass is 446 g/mol. The molecule has 120 valence electrons. The van der Waals surface area contributed by atoms with Crippen molar-refractivity contribution in [1.29, 1.82) is 0 Å². The van der Waals surface area contributed by atoms with Crippen molar-refractivity contribution in [2.45, 2.75) is 0 Å². The van der Waals surface area contributed by atoms with Crippen LogP contribution in [0.15, 0.2) is 36.4 Å². The van der Waals surface area contributed by atoms with Crippen molar-refractivity contribution in [3.05, 3.63) is 56.1 Å². The van der Waals surface area contributed by atoms with Gasteiger partial charge in [-0.25, -0.2) is 9.59 Å². The summed E-state index contributed by atoms with van der Waals surface area (Å²) in [6.45, 7) is 0. The molecule has 0 N–H and O–H groups in total. The van der Waals surface area contributed by atoms with Gasteiger partial charge in [-0.05, 0) is 59.0 Å². The fourth-order valence-corrected chi connectivity index (χ4v) is 2.90. The molecule has 0 atom stereocenters. The van der Waals surface area contributed by atoms with Crippen LogP contribution in [0, 0.1) is 3.57 Å². The van der Waals surface area contributed by atoms with E-state index < -0.39 is 11.9 Å². The molecule has 0 saturated heterocycles. The fourth-order valence-electron chi connectivity index (χ4n) is 1.81. The number of carbonyl (C=O) groups is 2. The number of hydrogen-bond donors (Lipinski definition) is 0. The molecule has 0 heterocycles. The minimum absolute atomic E-state index is 0.205. The van der Waals surface area contributed by atoms with E-state index in [1.54, 1.807) is 18.2 Å². The number of esters is 2. The Morgan fingerprint density at radius 3 is 2.35 bits per heavy atom. The SMILES string of the molecule is COC(=O)c1ccc(OC(=O)c2ccc(Cl)cc2I)c(OC)c1. The van der Waals surface area contributed by atoms with Gasteiger partial charge in [-0.1, -0.05) is 11.6 Å². The van der Waals surface area contributed by atoms with Gasteiger partial charge in [0.2, 0.25) is 0 Å². The molecular weight excluding hydrogens is 435 g/mol. The lowest BCUT2D eigenvalue weighted by Gasteiger charge is -2.11. The Hall–Kier alpha value is -1.80. The Morgan fingerprint density at radius 1 is 1.00 bits per heavy atom. The number of benzene rings is 2. The lowest BCUT2D eigenvalue weighted by Crippen LogP contribution is -2.11. The summed E-state index contributed by atoms with van der Waals surface area (Å²) >= 11 is 7.87. The van der Waals surface area contributed by atoms with E-state index in [1.807, 2.05) is 22.6 Å². The minimum atomic E-state index is -0.546. The molecule has 2 rings (SSSR count). The average molecular weight is 447 g/mol. The largest absolute Gasteiger partial charge is 0.493 e. The zero-order valence-corrected chi connectivity index (χ0v) is 15.2. The Bertz CT molecular complexity index is 760. The summed E-state index contributed by atoms with van der Waals surface area (Å²) in [6.07, 6.45) is 0. The first-order valence-electron chi connectivity index (χ1n) is 6.40. The lowest BCUT2D eigenvalue weighted by molar-refractivity contribution is 0.0600. The summed E-state index contributed by atoms with van der Waals surface area (Å²) in [4.78, 5) is 23.8. The molecule has 5 nitrogen and oxygen atoms in total. The van der Waals surface area contributed by atoms with Gasteiger partial charge in [0.05, 0.1) is 25.3 Å². The van der Waals surface area contributed by atoms with Gasteiger partial charge in [0.25, 0.3) is 0 Å². The highest BCUT2D eigenvalue weighted by atomic mass is 127. The third-order valence-electron chi connectivity index (χ3n) is 2.94. The van der Waals surface area contributed by atoms with Crippen molar-refractivity contribution in [3.8, 4) is 11.5 Å². The predicted molar refractivity (Wildman–Crippen MR) is 93.5 cm³/mol. The van der Waals surface area contributed by atoms with E-state index in [2.05, 4.69) is 4.74 Å². The smallest absolute Gasteiger partial charge is 0.344 e. The van der Waals surface area contributed by atoms with Crippen LogP contribution in [0.1, 0.15) is 20.7 Å². The molecule has 0 amide bonds. The van der Waals surface area contributed by atoms with Crippen LogP contribution in [0.25, 0.3) is 0 Å². The summed E-state index contributed by atoms with van der Waals surface area (Å²) in [5, 5.41) is 0.533. The second kappa shape index (κ2) is 7.65. The van der Waals surface area contributed by atoms with Crippen molar-refractivity contribution in [3.63, 3.8) is 0 Å². The van der Waals surface area contributed by atoms with Crippen LogP contribution in [0.2, 0.25) is 5.02 Å². The third kappa shape index (κ3) is 4.14. The molecule has 0 aliphatic heterocycles. The van der Waals surface area contributed by atoms with E-state index in [0.29, 0.717) is 19.7 Å². The molecule has 7 heteroatoms. The number of rotatable bonds is 4. The molecule has 0 aliphatic carbocycles. The van der Waals surface area contributed by atoms with Crippen LogP contribution in [-0.4, -0.2) is 26.2 Å². The zero-order valence-electron chi connectivity index (χ0n) is 12.3.